The van der Waals surface area contributed by atoms with Gasteiger partial charge in [0.05, 0.1) is 30.7 Å². The molecule has 6 aromatic rings. The lowest BCUT2D eigenvalue weighted by Crippen LogP contribution is -2.23. The summed E-state index contributed by atoms with van der Waals surface area (Å²) in [4.78, 5) is 18.3. The van der Waals surface area contributed by atoms with Crippen molar-refractivity contribution in [2.24, 2.45) is 0 Å². The summed E-state index contributed by atoms with van der Waals surface area (Å²) in [7, 11) is 3.14. The van der Waals surface area contributed by atoms with Gasteiger partial charge in [-0.25, -0.2) is 4.68 Å². The summed E-state index contributed by atoms with van der Waals surface area (Å²) in [5.74, 6) is 2.20. The third-order valence-electron chi connectivity index (χ3n) is 5.63. The van der Waals surface area contributed by atoms with Gasteiger partial charge >= 0.3 is 0 Å². The van der Waals surface area contributed by atoms with E-state index in [0.717, 1.165) is 16.8 Å². The van der Waals surface area contributed by atoms with Crippen molar-refractivity contribution in [2.75, 3.05) is 14.2 Å². The van der Waals surface area contributed by atoms with Gasteiger partial charge in [0, 0.05) is 17.3 Å². The summed E-state index contributed by atoms with van der Waals surface area (Å²) in [6, 6.07) is 18.8. The number of benzene rings is 2. The van der Waals surface area contributed by atoms with Gasteiger partial charge in [0.25, 0.3) is 5.56 Å². The molecule has 36 heavy (non-hydrogen) atoms. The zero-order valence-electron chi connectivity index (χ0n) is 19.3. The van der Waals surface area contributed by atoms with Crippen LogP contribution in [0.2, 0.25) is 0 Å². The first-order valence-corrected chi connectivity index (χ1v) is 11.8. The maximum Gasteiger partial charge on any atom is 0.291 e. The minimum absolute atomic E-state index is 0.257. The Kier molecular flexibility index (Phi) is 5.34. The van der Waals surface area contributed by atoms with Crippen LogP contribution in [0.1, 0.15) is 5.56 Å². The lowest BCUT2D eigenvalue weighted by molar-refractivity contribution is 0.355. The van der Waals surface area contributed by atoms with Gasteiger partial charge in [0.15, 0.2) is 23.1 Å². The number of furan rings is 1. The molecule has 0 aliphatic rings. The van der Waals surface area contributed by atoms with Crippen LogP contribution in [0.4, 0.5) is 0 Å². The van der Waals surface area contributed by atoms with E-state index in [2.05, 4.69) is 10.1 Å². The maximum absolute atomic E-state index is 13.2. The van der Waals surface area contributed by atoms with Crippen molar-refractivity contribution in [1.29, 1.82) is 0 Å². The second-order valence-corrected chi connectivity index (χ2v) is 8.81. The van der Waals surface area contributed by atoms with Crippen molar-refractivity contribution >= 4 is 22.4 Å². The lowest BCUT2D eigenvalue weighted by Gasteiger charge is -2.07. The summed E-state index contributed by atoms with van der Waals surface area (Å²) < 4.78 is 19.8. The molecule has 10 heteroatoms. The smallest absolute Gasteiger partial charge is 0.291 e. The number of rotatable bonds is 6. The molecule has 0 saturated heterocycles. The first-order valence-electron chi connectivity index (χ1n) is 11.0. The largest absolute Gasteiger partial charge is 0.493 e. The molecule has 0 atom stereocenters. The number of para-hydroxylation sites is 1. The van der Waals surface area contributed by atoms with Crippen molar-refractivity contribution in [3.63, 3.8) is 0 Å². The van der Waals surface area contributed by atoms with E-state index in [9.17, 15) is 4.79 Å². The fraction of sp³-hybridized carbons (Fsp3) is 0.0769. The van der Waals surface area contributed by atoms with Crippen molar-refractivity contribution in [3.05, 3.63) is 93.6 Å². The van der Waals surface area contributed by atoms with Crippen LogP contribution >= 0.6 is 11.3 Å². The van der Waals surface area contributed by atoms with Crippen molar-refractivity contribution in [3.8, 4) is 40.0 Å². The Bertz CT molecular complexity index is 1790. The SMILES string of the molecule is COc1ccc(-c2nc3s/c(=C\c4cn(-c5ccccc5)nc4-c4ccco4)c(=O)n3n2)cc1OC. The van der Waals surface area contributed by atoms with E-state index in [4.69, 9.17) is 19.0 Å². The summed E-state index contributed by atoms with van der Waals surface area (Å²) in [6.45, 7) is 0. The molecule has 4 heterocycles. The zero-order valence-corrected chi connectivity index (χ0v) is 20.1. The van der Waals surface area contributed by atoms with Crippen LogP contribution in [-0.4, -0.2) is 38.6 Å². The maximum atomic E-state index is 13.2. The molecular formula is C26H19N5O4S. The first-order chi connectivity index (χ1) is 17.6. The first kappa shape index (κ1) is 21.8. The molecule has 0 radical (unpaired) electrons. The van der Waals surface area contributed by atoms with E-state index in [-0.39, 0.29) is 5.56 Å². The molecule has 4 aromatic heterocycles. The van der Waals surface area contributed by atoms with Gasteiger partial charge in [0.1, 0.15) is 5.69 Å². The molecular weight excluding hydrogens is 478 g/mol. The highest BCUT2D eigenvalue weighted by atomic mass is 32.1. The third-order valence-corrected chi connectivity index (χ3v) is 6.59. The molecule has 178 valence electrons. The van der Waals surface area contributed by atoms with Crippen LogP contribution in [0.25, 0.3) is 39.6 Å². The van der Waals surface area contributed by atoms with E-state index < -0.39 is 0 Å². The lowest BCUT2D eigenvalue weighted by atomic mass is 10.2. The Labute approximate surface area is 208 Å². The predicted molar refractivity (Wildman–Crippen MR) is 136 cm³/mol. The van der Waals surface area contributed by atoms with E-state index >= 15 is 0 Å². The summed E-state index contributed by atoms with van der Waals surface area (Å²) in [6.07, 6.45) is 5.26. The molecule has 6 rings (SSSR count). The van der Waals surface area contributed by atoms with Gasteiger partial charge in [-0.3, -0.25) is 4.79 Å². The number of hydrogen-bond donors (Lipinski definition) is 0. The minimum Gasteiger partial charge on any atom is -0.493 e. The van der Waals surface area contributed by atoms with E-state index in [1.165, 1.54) is 15.9 Å². The summed E-state index contributed by atoms with van der Waals surface area (Å²) in [5, 5.41) is 9.16. The number of fused-ring (bicyclic) bond motifs is 1. The monoisotopic (exact) mass is 497 g/mol. The molecule has 9 nitrogen and oxygen atoms in total. The van der Waals surface area contributed by atoms with Gasteiger partial charge in [-0.2, -0.15) is 14.6 Å². The zero-order chi connectivity index (χ0) is 24.6. The third kappa shape index (κ3) is 3.73. The highest BCUT2D eigenvalue weighted by Crippen LogP contribution is 2.31. The van der Waals surface area contributed by atoms with Gasteiger partial charge in [-0.05, 0) is 48.5 Å². The van der Waals surface area contributed by atoms with Crippen LogP contribution in [0.5, 0.6) is 11.5 Å². The van der Waals surface area contributed by atoms with Crippen LogP contribution < -0.4 is 19.6 Å². The molecule has 0 fully saturated rings. The molecule has 0 N–H and O–H groups in total. The van der Waals surface area contributed by atoms with Gasteiger partial charge < -0.3 is 13.9 Å². The fourth-order valence-electron chi connectivity index (χ4n) is 3.88. The second-order valence-electron chi connectivity index (χ2n) is 7.81. The quantitative estimate of drug-likeness (QED) is 0.345. The molecule has 0 unspecified atom stereocenters. The average Bonchev–Trinajstić information content (AvgIpc) is 3.71. The Balaban J connectivity index is 1.44. The van der Waals surface area contributed by atoms with Gasteiger partial charge in [0.2, 0.25) is 4.96 Å². The highest BCUT2D eigenvalue weighted by Gasteiger charge is 2.17. The van der Waals surface area contributed by atoms with E-state index in [0.29, 0.717) is 38.3 Å². The Hall–Kier alpha value is -4.70. The number of nitrogens with zero attached hydrogens (tertiary/aromatic N) is 5. The predicted octanol–water partition coefficient (Wildman–Crippen LogP) is 3.83. The number of thiazole rings is 1. The Morgan fingerprint density at radius 2 is 1.81 bits per heavy atom. The number of aromatic nitrogens is 5. The fourth-order valence-corrected chi connectivity index (χ4v) is 4.78. The van der Waals surface area contributed by atoms with Crippen LogP contribution in [-0.2, 0) is 0 Å². The molecule has 2 aromatic carbocycles. The van der Waals surface area contributed by atoms with Gasteiger partial charge in [-0.1, -0.05) is 29.5 Å². The number of methoxy groups -OCH3 is 2. The molecule has 0 saturated carbocycles. The minimum atomic E-state index is -0.257. The summed E-state index contributed by atoms with van der Waals surface area (Å²) in [5.41, 5.74) is 2.74. The van der Waals surface area contributed by atoms with Crippen LogP contribution in [0.3, 0.4) is 0 Å². The second kappa shape index (κ2) is 8.82. The van der Waals surface area contributed by atoms with Crippen molar-refractivity contribution in [2.45, 2.75) is 0 Å². The Morgan fingerprint density at radius 1 is 0.972 bits per heavy atom. The molecule has 0 aliphatic heterocycles. The highest BCUT2D eigenvalue weighted by molar-refractivity contribution is 7.15. The number of hydrogen-bond acceptors (Lipinski definition) is 8. The Morgan fingerprint density at radius 3 is 2.53 bits per heavy atom. The normalized spacial score (nSPS) is 11.9. The van der Waals surface area contributed by atoms with E-state index in [1.54, 1.807) is 49.4 Å². The van der Waals surface area contributed by atoms with Crippen LogP contribution in [0.15, 0.2) is 82.3 Å². The number of ether oxygens (including phenoxy) is 2. The van der Waals surface area contributed by atoms with Gasteiger partial charge in [-0.15, -0.1) is 5.10 Å². The molecule has 0 aliphatic carbocycles. The van der Waals surface area contributed by atoms with Crippen molar-refractivity contribution in [1.82, 2.24) is 24.4 Å². The van der Waals surface area contributed by atoms with Crippen LogP contribution in [0, 0.1) is 0 Å². The molecule has 0 amide bonds. The van der Waals surface area contributed by atoms with E-state index in [1.807, 2.05) is 48.7 Å². The molecule has 0 bridgehead atoms. The molecule has 0 spiro atoms. The topological polar surface area (TPSA) is 96.7 Å². The average molecular weight is 498 g/mol. The standard InChI is InChI=1S/C26H19N5O4S/c1-33-19-11-10-16(13-21(19)34-2)24-27-26-31(29-24)25(32)22(36-26)14-17-15-30(18-7-4-3-5-8-18)28-23(17)20-9-6-12-35-20/h3-15H,1-2H3/b22-14-. The van der Waals surface area contributed by atoms with Crippen molar-refractivity contribution < 1.29 is 13.9 Å². The summed E-state index contributed by atoms with van der Waals surface area (Å²) >= 11 is 1.26.